The van der Waals surface area contributed by atoms with E-state index in [0.717, 1.165) is 42.0 Å². The fraction of sp³-hybridized carbons (Fsp3) is 0.394. The lowest BCUT2D eigenvalue weighted by Crippen LogP contribution is -2.54. The summed E-state index contributed by atoms with van der Waals surface area (Å²) < 4.78 is 34.5. The Morgan fingerprint density at radius 1 is 1.00 bits per heavy atom. The molecule has 3 aromatic carbocycles. The van der Waals surface area contributed by atoms with Crippen molar-refractivity contribution in [2.45, 2.75) is 75.9 Å². The first-order valence-electron chi connectivity index (χ1n) is 14.7. The molecular weight excluding hydrogens is 586 g/mol. The largest absolute Gasteiger partial charge is 0.497 e. The van der Waals surface area contributed by atoms with Crippen LogP contribution in [0.5, 0.6) is 5.75 Å². The van der Waals surface area contributed by atoms with Crippen molar-refractivity contribution in [1.82, 2.24) is 10.2 Å². The van der Waals surface area contributed by atoms with Gasteiger partial charge in [0, 0.05) is 17.6 Å². The Hall–Kier alpha value is -3.56. The van der Waals surface area contributed by atoms with Gasteiger partial charge in [-0.25, -0.2) is 8.42 Å². The second-order valence-electron chi connectivity index (χ2n) is 10.9. The van der Waals surface area contributed by atoms with Crippen LogP contribution < -0.4 is 14.4 Å². The fourth-order valence-electron chi connectivity index (χ4n) is 5.48. The number of amides is 2. The quantitative estimate of drug-likeness (QED) is 0.262. The third-order valence-corrected chi connectivity index (χ3v) is 9.91. The summed E-state index contributed by atoms with van der Waals surface area (Å²) in [6, 6.07) is 19.5. The van der Waals surface area contributed by atoms with Gasteiger partial charge < -0.3 is 15.0 Å². The number of hydrogen-bond donors (Lipinski definition) is 1. The lowest BCUT2D eigenvalue weighted by atomic mass is 9.95. The molecule has 0 aliphatic heterocycles. The van der Waals surface area contributed by atoms with Crippen molar-refractivity contribution >= 4 is 39.1 Å². The van der Waals surface area contributed by atoms with E-state index in [1.54, 1.807) is 62.6 Å². The lowest BCUT2D eigenvalue weighted by Gasteiger charge is -2.34. The summed E-state index contributed by atoms with van der Waals surface area (Å²) in [5.74, 6) is -0.0618. The van der Waals surface area contributed by atoms with Crippen LogP contribution in [-0.2, 0) is 26.2 Å². The maximum atomic E-state index is 14.3. The Morgan fingerprint density at radius 3 is 2.30 bits per heavy atom. The zero-order valence-electron chi connectivity index (χ0n) is 25.0. The van der Waals surface area contributed by atoms with Crippen molar-refractivity contribution in [2.24, 2.45) is 0 Å². The normalized spacial score (nSPS) is 14.5. The molecule has 0 saturated heterocycles. The third-order valence-electron chi connectivity index (χ3n) is 7.90. The Labute approximate surface area is 260 Å². The number of rotatable bonds is 12. The molecule has 230 valence electrons. The van der Waals surface area contributed by atoms with Crippen molar-refractivity contribution in [3.05, 3.63) is 88.9 Å². The van der Waals surface area contributed by atoms with Crippen LogP contribution >= 0.6 is 11.6 Å². The number of carbonyl (C=O) groups excluding carboxylic acids is 2. The second-order valence-corrected chi connectivity index (χ2v) is 13.2. The third kappa shape index (κ3) is 8.09. The van der Waals surface area contributed by atoms with Crippen molar-refractivity contribution in [2.75, 3.05) is 18.0 Å². The molecule has 0 spiro atoms. The van der Waals surface area contributed by atoms with Crippen LogP contribution in [0.15, 0.2) is 77.7 Å². The number of hydrogen-bond acceptors (Lipinski definition) is 5. The molecule has 0 heterocycles. The van der Waals surface area contributed by atoms with E-state index in [1.165, 1.54) is 17.0 Å². The monoisotopic (exact) mass is 625 g/mol. The first kappa shape index (κ1) is 32.4. The number of ether oxygens (including phenoxy) is 1. The minimum Gasteiger partial charge on any atom is -0.497 e. The van der Waals surface area contributed by atoms with Crippen molar-refractivity contribution in [1.29, 1.82) is 0 Å². The van der Waals surface area contributed by atoms with Crippen LogP contribution in [0.2, 0.25) is 5.02 Å². The van der Waals surface area contributed by atoms with E-state index in [-0.39, 0.29) is 23.4 Å². The predicted molar refractivity (Wildman–Crippen MR) is 170 cm³/mol. The molecule has 1 saturated carbocycles. The number of halogens is 1. The Morgan fingerprint density at radius 2 is 1.67 bits per heavy atom. The van der Waals surface area contributed by atoms with Gasteiger partial charge >= 0.3 is 0 Å². The summed E-state index contributed by atoms with van der Waals surface area (Å²) in [5, 5.41) is 3.51. The average molecular weight is 626 g/mol. The average Bonchev–Trinajstić information content (AvgIpc) is 3.02. The van der Waals surface area contributed by atoms with Crippen molar-refractivity contribution in [3.63, 3.8) is 0 Å². The van der Waals surface area contributed by atoms with E-state index in [4.69, 9.17) is 16.3 Å². The van der Waals surface area contributed by atoms with E-state index in [2.05, 4.69) is 5.32 Å². The first-order valence-corrected chi connectivity index (χ1v) is 16.5. The summed E-state index contributed by atoms with van der Waals surface area (Å²) in [6.07, 6.45) is 5.45. The molecule has 0 aromatic heterocycles. The highest BCUT2D eigenvalue weighted by Crippen LogP contribution is 2.30. The van der Waals surface area contributed by atoms with Crippen molar-refractivity contribution in [3.8, 4) is 5.75 Å². The van der Waals surface area contributed by atoms with Crippen LogP contribution in [0.25, 0.3) is 0 Å². The highest BCUT2D eigenvalue weighted by molar-refractivity contribution is 7.92. The second kappa shape index (κ2) is 14.8. The van der Waals surface area contributed by atoms with E-state index < -0.39 is 28.5 Å². The van der Waals surface area contributed by atoms with E-state index in [0.29, 0.717) is 28.4 Å². The molecule has 1 aliphatic rings. The van der Waals surface area contributed by atoms with Gasteiger partial charge in [0.15, 0.2) is 0 Å². The number of sulfonamides is 1. The van der Waals surface area contributed by atoms with Gasteiger partial charge in [-0.15, -0.1) is 0 Å². The van der Waals surface area contributed by atoms with Crippen LogP contribution in [-0.4, -0.2) is 50.9 Å². The number of nitrogens with one attached hydrogen (secondary N) is 1. The van der Waals surface area contributed by atoms with Crippen LogP contribution in [0, 0.1) is 6.92 Å². The molecule has 2 amide bonds. The smallest absolute Gasteiger partial charge is 0.264 e. The Bertz CT molecular complexity index is 1490. The summed E-state index contributed by atoms with van der Waals surface area (Å²) in [7, 11) is -2.59. The lowest BCUT2D eigenvalue weighted by molar-refractivity contribution is -0.140. The number of methoxy groups -OCH3 is 1. The van der Waals surface area contributed by atoms with E-state index >= 15 is 0 Å². The van der Waals surface area contributed by atoms with E-state index in [9.17, 15) is 18.0 Å². The topological polar surface area (TPSA) is 96.0 Å². The summed E-state index contributed by atoms with van der Waals surface area (Å²) >= 11 is 6.32. The van der Waals surface area contributed by atoms with Gasteiger partial charge in [0.05, 0.1) is 17.7 Å². The molecule has 4 rings (SSSR count). The SMILES string of the molecule is CC[C@@H](C(=O)NC1CCCCC1)N(Cc1ccc(OC)cc1)C(=O)CN(c1cc(Cl)ccc1C)S(=O)(=O)c1ccccc1. The minimum atomic E-state index is -4.17. The summed E-state index contributed by atoms with van der Waals surface area (Å²) in [5.41, 5.74) is 1.73. The number of carbonyl (C=O) groups is 2. The zero-order valence-corrected chi connectivity index (χ0v) is 26.5. The molecule has 43 heavy (non-hydrogen) atoms. The maximum absolute atomic E-state index is 14.3. The first-order chi connectivity index (χ1) is 20.6. The number of nitrogens with zero attached hydrogens (tertiary/aromatic N) is 2. The van der Waals surface area contributed by atoms with Gasteiger partial charge in [-0.05, 0) is 73.7 Å². The molecule has 0 radical (unpaired) electrons. The van der Waals surface area contributed by atoms with Gasteiger partial charge in [-0.2, -0.15) is 0 Å². The molecule has 10 heteroatoms. The zero-order chi connectivity index (χ0) is 31.0. The Balaban J connectivity index is 1.72. The molecule has 1 atom stereocenters. The fourth-order valence-corrected chi connectivity index (χ4v) is 7.13. The Kier molecular flexibility index (Phi) is 11.1. The predicted octanol–water partition coefficient (Wildman–Crippen LogP) is 6.11. The number of aryl methyl sites for hydroxylation is 1. The van der Waals surface area contributed by atoms with Gasteiger partial charge in [-0.1, -0.05) is 74.2 Å². The summed E-state index contributed by atoms with van der Waals surface area (Å²) in [6.45, 7) is 3.24. The molecule has 0 unspecified atom stereocenters. The summed E-state index contributed by atoms with van der Waals surface area (Å²) in [4.78, 5) is 29.5. The highest BCUT2D eigenvalue weighted by Gasteiger charge is 2.35. The van der Waals surface area contributed by atoms with Gasteiger partial charge in [-0.3, -0.25) is 13.9 Å². The van der Waals surface area contributed by atoms with Crippen molar-refractivity contribution < 1.29 is 22.7 Å². The molecule has 3 aromatic rings. The van der Waals surface area contributed by atoms with Crippen LogP contribution in [0.1, 0.15) is 56.6 Å². The number of benzene rings is 3. The molecule has 1 aliphatic carbocycles. The van der Waals surface area contributed by atoms with E-state index in [1.807, 2.05) is 19.1 Å². The van der Waals surface area contributed by atoms with Crippen LogP contribution in [0.4, 0.5) is 5.69 Å². The van der Waals surface area contributed by atoms with Gasteiger partial charge in [0.1, 0.15) is 18.3 Å². The van der Waals surface area contributed by atoms with Gasteiger partial charge in [0.2, 0.25) is 11.8 Å². The van der Waals surface area contributed by atoms with Gasteiger partial charge in [0.25, 0.3) is 10.0 Å². The molecule has 0 bridgehead atoms. The molecular formula is C33H40ClN3O5S. The maximum Gasteiger partial charge on any atom is 0.264 e. The number of anilines is 1. The van der Waals surface area contributed by atoms with Crippen LogP contribution in [0.3, 0.4) is 0 Å². The minimum absolute atomic E-state index is 0.0472. The standard InChI is InChI=1S/C33H40ClN3O5S/c1-4-30(33(39)35-27-11-7-5-8-12-27)36(22-25-16-19-28(42-3)20-17-25)32(38)23-37(31-21-26(34)18-15-24(31)2)43(40,41)29-13-9-6-10-14-29/h6,9-10,13-21,27,30H,4-5,7-8,11-12,22-23H2,1-3H3,(H,35,39)/t30-/m0/s1. The molecule has 1 N–H and O–H groups in total. The molecule has 8 nitrogen and oxygen atoms in total. The highest BCUT2D eigenvalue weighted by atomic mass is 35.5. The molecule has 1 fully saturated rings.